The van der Waals surface area contributed by atoms with Gasteiger partial charge in [-0.15, -0.1) is 17.9 Å². The van der Waals surface area contributed by atoms with Crippen molar-refractivity contribution in [3.8, 4) is 0 Å². The van der Waals surface area contributed by atoms with E-state index >= 15 is 0 Å². The number of carbonyl (C=O) groups excluding carboxylic acids is 1. The molecule has 32 heavy (non-hydrogen) atoms. The number of thiazole rings is 1. The number of piperazine rings is 1. The summed E-state index contributed by atoms with van der Waals surface area (Å²) >= 11 is 1.71. The van der Waals surface area contributed by atoms with Gasteiger partial charge < -0.3 is 4.90 Å². The van der Waals surface area contributed by atoms with Crippen LogP contribution >= 0.6 is 11.3 Å². The van der Waals surface area contributed by atoms with E-state index in [1.54, 1.807) is 28.4 Å². The number of amides is 1. The Morgan fingerprint density at radius 2 is 1.94 bits per heavy atom. The molecule has 0 saturated carbocycles. The van der Waals surface area contributed by atoms with Crippen molar-refractivity contribution in [3.05, 3.63) is 71.8 Å². The number of sulfonamides is 1. The van der Waals surface area contributed by atoms with Gasteiger partial charge in [0.2, 0.25) is 10.0 Å². The first-order valence-corrected chi connectivity index (χ1v) is 12.8. The first-order valence-electron chi connectivity index (χ1n) is 10.5. The summed E-state index contributed by atoms with van der Waals surface area (Å²) in [6.45, 7) is 8.45. The van der Waals surface area contributed by atoms with Gasteiger partial charge in [0.25, 0.3) is 5.91 Å². The lowest BCUT2D eigenvalue weighted by Gasteiger charge is -2.37. The van der Waals surface area contributed by atoms with E-state index in [2.05, 4.69) is 29.2 Å². The van der Waals surface area contributed by atoms with Gasteiger partial charge in [-0.3, -0.25) is 9.69 Å². The summed E-state index contributed by atoms with van der Waals surface area (Å²) in [5.74, 6) is -0.155. The second-order valence-corrected chi connectivity index (χ2v) is 10.5. The largest absolute Gasteiger partial charge is 0.336 e. The fourth-order valence-electron chi connectivity index (χ4n) is 3.77. The van der Waals surface area contributed by atoms with Gasteiger partial charge in [0.1, 0.15) is 5.01 Å². The average Bonchev–Trinajstić information content (AvgIpc) is 3.26. The molecular formula is C23H26N4O3S2. The van der Waals surface area contributed by atoms with Crippen molar-refractivity contribution in [2.45, 2.75) is 17.9 Å². The van der Waals surface area contributed by atoms with Gasteiger partial charge in [-0.05, 0) is 37.3 Å². The van der Waals surface area contributed by atoms with E-state index in [-0.39, 0.29) is 23.4 Å². The Morgan fingerprint density at radius 1 is 1.19 bits per heavy atom. The normalized spacial score (nSPS) is 16.2. The summed E-state index contributed by atoms with van der Waals surface area (Å²) in [7, 11) is -3.68. The zero-order chi connectivity index (χ0) is 22.7. The molecule has 1 N–H and O–H groups in total. The molecule has 0 radical (unpaired) electrons. The van der Waals surface area contributed by atoms with E-state index in [1.807, 2.05) is 18.2 Å². The number of aromatic nitrogens is 1. The lowest BCUT2D eigenvalue weighted by Crippen LogP contribution is -2.49. The highest BCUT2D eigenvalue weighted by molar-refractivity contribution is 7.89. The van der Waals surface area contributed by atoms with E-state index < -0.39 is 10.0 Å². The molecule has 1 amide bonds. The molecule has 9 heteroatoms. The highest BCUT2D eigenvalue weighted by Crippen LogP contribution is 2.30. The number of para-hydroxylation sites is 1. The third-order valence-electron chi connectivity index (χ3n) is 5.63. The van der Waals surface area contributed by atoms with Crippen molar-refractivity contribution in [3.63, 3.8) is 0 Å². The van der Waals surface area contributed by atoms with E-state index in [0.717, 1.165) is 23.6 Å². The van der Waals surface area contributed by atoms with Gasteiger partial charge in [0.15, 0.2) is 0 Å². The minimum Gasteiger partial charge on any atom is -0.336 e. The molecule has 0 bridgehead atoms. The molecule has 1 aromatic heterocycles. The van der Waals surface area contributed by atoms with E-state index in [9.17, 15) is 13.2 Å². The predicted octanol–water partition coefficient (Wildman–Crippen LogP) is 3.28. The number of nitrogens with one attached hydrogen (secondary N) is 1. The van der Waals surface area contributed by atoms with Crippen LogP contribution in [0, 0.1) is 0 Å². The number of hydrogen-bond acceptors (Lipinski definition) is 6. The van der Waals surface area contributed by atoms with Crippen LogP contribution in [-0.4, -0.2) is 61.8 Å². The fourth-order valence-corrected chi connectivity index (χ4v) is 5.87. The molecule has 1 saturated heterocycles. The SMILES string of the molecule is C=CCNS(=O)(=O)c1cccc(C(=O)N2CCN([C@H](C)c3nc4ccccc4s3)CC2)c1. The Kier molecular flexibility index (Phi) is 6.71. The maximum absolute atomic E-state index is 13.0. The summed E-state index contributed by atoms with van der Waals surface area (Å²) in [4.78, 5) is 22.0. The van der Waals surface area contributed by atoms with Crippen LogP contribution in [0.4, 0.5) is 0 Å². The number of nitrogens with zero attached hydrogens (tertiary/aromatic N) is 3. The molecule has 2 heterocycles. The van der Waals surface area contributed by atoms with Crippen LogP contribution in [0.1, 0.15) is 28.3 Å². The van der Waals surface area contributed by atoms with E-state index in [0.29, 0.717) is 18.7 Å². The summed E-state index contributed by atoms with van der Waals surface area (Å²) in [6.07, 6.45) is 1.47. The molecule has 1 atom stereocenters. The molecule has 4 rings (SSSR count). The molecule has 1 fully saturated rings. The maximum Gasteiger partial charge on any atom is 0.253 e. The van der Waals surface area contributed by atoms with Gasteiger partial charge in [-0.1, -0.05) is 24.3 Å². The Bertz CT molecular complexity index is 1200. The average molecular weight is 471 g/mol. The zero-order valence-electron chi connectivity index (χ0n) is 17.9. The fraction of sp³-hybridized carbons (Fsp3) is 0.304. The minimum absolute atomic E-state index is 0.0771. The molecule has 0 unspecified atom stereocenters. The third-order valence-corrected chi connectivity index (χ3v) is 8.25. The second kappa shape index (κ2) is 9.50. The standard InChI is InChI=1S/C23H26N4O3S2/c1-3-11-24-32(29,30)19-8-6-7-18(16-19)23(28)27-14-12-26(13-15-27)17(2)22-25-20-9-4-5-10-21(20)31-22/h3-10,16-17,24H,1,11-15H2,2H3/t17-/m1/s1. The highest BCUT2D eigenvalue weighted by Gasteiger charge is 2.27. The smallest absolute Gasteiger partial charge is 0.253 e. The Balaban J connectivity index is 1.41. The Hall–Kier alpha value is -2.59. The van der Waals surface area contributed by atoms with Crippen LogP contribution in [-0.2, 0) is 10.0 Å². The molecule has 0 aliphatic carbocycles. The number of benzene rings is 2. The van der Waals surface area contributed by atoms with Crippen LogP contribution in [0.2, 0.25) is 0 Å². The van der Waals surface area contributed by atoms with Crippen LogP contribution in [0.25, 0.3) is 10.2 Å². The Labute approximate surface area is 192 Å². The van der Waals surface area contributed by atoms with Crippen molar-refractivity contribution in [2.75, 3.05) is 32.7 Å². The third kappa shape index (κ3) is 4.75. The number of rotatable bonds is 7. The van der Waals surface area contributed by atoms with Crippen molar-refractivity contribution in [1.82, 2.24) is 19.5 Å². The van der Waals surface area contributed by atoms with Crippen molar-refractivity contribution in [2.24, 2.45) is 0 Å². The van der Waals surface area contributed by atoms with E-state index in [4.69, 9.17) is 4.98 Å². The van der Waals surface area contributed by atoms with Crippen molar-refractivity contribution in [1.29, 1.82) is 0 Å². The molecule has 1 aliphatic heterocycles. The Morgan fingerprint density at radius 3 is 2.66 bits per heavy atom. The van der Waals surface area contributed by atoms with E-state index in [1.165, 1.54) is 22.9 Å². The van der Waals surface area contributed by atoms with Gasteiger partial charge in [0, 0.05) is 38.3 Å². The predicted molar refractivity (Wildman–Crippen MR) is 127 cm³/mol. The van der Waals surface area contributed by atoms with Gasteiger partial charge >= 0.3 is 0 Å². The molecule has 7 nitrogen and oxygen atoms in total. The lowest BCUT2D eigenvalue weighted by atomic mass is 10.1. The topological polar surface area (TPSA) is 82.6 Å². The quantitative estimate of drug-likeness (QED) is 0.536. The van der Waals surface area contributed by atoms with Crippen LogP contribution in [0.5, 0.6) is 0 Å². The molecule has 2 aromatic carbocycles. The van der Waals surface area contributed by atoms with Gasteiger partial charge in [-0.2, -0.15) is 0 Å². The van der Waals surface area contributed by atoms with Crippen LogP contribution in [0.3, 0.4) is 0 Å². The monoisotopic (exact) mass is 470 g/mol. The molecular weight excluding hydrogens is 444 g/mol. The summed E-state index contributed by atoms with van der Waals surface area (Å²) in [6, 6.07) is 14.5. The molecule has 168 valence electrons. The molecule has 1 aliphatic rings. The van der Waals surface area contributed by atoms with Gasteiger partial charge in [0.05, 0.1) is 21.2 Å². The van der Waals surface area contributed by atoms with Crippen molar-refractivity contribution >= 4 is 37.5 Å². The molecule has 3 aromatic rings. The minimum atomic E-state index is -3.68. The van der Waals surface area contributed by atoms with Gasteiger partial charge in [-0.25, -0.2) is 18.1 Å². The summed E-state index contributed by atoms with van der Waals surface area (Å²) in [5.41, 5.74) is 1.39. The zero-order valence-corrected chi connectivity index (χ0v) is 19.5. The number of fused-ring (bicyclic) bond motifs is 1. The number of carbonyl (C=O) groups is 1. The first kappa shape index (κ1) is 22.6. The highest BCUT2D eigenvalue weighted by atomic mass is 32.2. The maximum atomic E-state index is 13.0. The first-order chi connectivity index (χ1) is 15.4. The van der Waals surface area contributed by atoms with Crippen LogP contribution in [0.15, 0.2) is 66.1 Å². The lowest BCUT2D eigenvalue weighted by molar-refractivity contribution is 0.0582. The van der Waals surface area contributed by atoms with Crippen molar-refractivity contribution < 1.29 is 13.2 Å². The number of hydrogen-bond donors (Lipinski definition) is 1. The summed E-state index contributed by atoms with van der Waals surface area (Å²) < 4.78 is 28.3. The second-order valence-electron chi connectivity index (χ2n) is 7.69. The van der Waals surface area contributed by atoms with Crippen LogP contribution < -0.4 is 4.72 Å². The molecule has 0 spiro atoms. The summed E-state index contributed by atoms with van der Waals surface area (Å²) in [5, 5.41) is 1.08.